The summed E-state index contributed by atoms with van der Waals surface area (Å²) in [4.78, 5) is 12.1. The lowest BCUT2D eigenvalue weighted by Crippen LogP contribution is -2.12. The van der Waals surface area contributed by atoms with Crippen molar-refractivity contribution < 1.29 is 4.79 Å². The van der Waals surface area contributed by atoms with Crippen molar-refractivity contribution in [3.05, 3.63) is 61.1 Å². The Morgan fingerprint density at radius 1 is 1.11 bits per heavy atom. The first-order valence-corrected chi connectivity index (χ1v) is 7.33. The van der Waals surface area contributed by atoms with Gasteiger partial charge >= 0.3 is 0 Å². The molecule has 0 aliphatic rings. The van der Waals surface area contributed by atoms with Gasteiger partial charge in [0.25, 0.3) is 5.91 Å². The van der Waals surface area contributed by atoms with Crippen LogP contribution >= 0.6 is 45.8 Å². The van der Waals surface area contributed by atoms with Gasteiger partial charge in [-0.15, -0.1) is 0 Å². The summed E-state index contributed by atoms with van der Waals surface area (Å²) in [5.74, 6) is -0.184. The molecule has 1 N–H and O–H groups in total. The standard InChI is InChI=1S/C14H10Cl2INO/c1-8-2-3-9(4-13(8)17)14(19)18-12-6-10(15)5-11(16)7-12/h2-7H,1H3,(H,18,19). The van der Waals surface area contributed by atoms with E-state index in [1.807, 2.05) is 19.1 Å². The number of carbonyl (C=O) groups excluding carboxylic acids is 1. The number of aryl methyl sites for hydroxylation is 1. The summed E-state index contributed by atoms with van der Waals surface area (Å²) >= 11 is 14.0. The Kier molecular flexibility index (Phi) is 4.71. The molecule has 19 heavy (non-hydrogen) atoms. The Morgan fingerprint density at radius 2 is 1.74 bits per heavy atom. The average molecular weight is 406 g/mol. The summed E-state index contributed by atoms with van der Waals surface area (Å²) < 4.78 is 1.05. The first-order chi connectivity index (χ1) is 8.95. The molecular formula is C14H10Cl2INO. The Morgan fingerprint density at radius 3 is 2.32 bits per heavy atom. The minimum absolute atomic E-state index is 0.184. The topological polar surface area (TPSA) is 29.1 Å². The Hall–Kier alpha value is -0.780. The third kappa shape index (κ3) is 3.84. The molecule has 0 saturated carbocycles. The summed E-state index contributed by atoms with van der Waals surface area (Å²) in [6, 6.07) is 10.5. The quantitative estimate of drug-likeness (QED) is 0.687. The van der Waals surface area contributed by atoms with E-state index in [4.69, 9.17) is 23.2 Å². The average Bonchev–Trinajstić information content (AvgIpc) is 2.31. The van der Waals surface area contributed by atoms with Crippen LogP contribution in [0.15, 0.2) is 36.4 Å². The molecule has 1 amide bonds. The monoisotopic (exact) mass is 405 g/mol. The molecule has 5 heteroatoms. The summed E-state index contributed by atoms with van der Waals surface area (Å²) in [7, 11) is 0. The number of rotatable bonds is 2. The zero-order chi connectivity index (χ0) is 14.0. The van der Waals surface area contributed by atoms with Crippen LogP contribution in [0.4, 0.5) is 5.69 Å². The van der Waals surface area contributed by atoms with E-state index in [1.165, 1.54) is 0 Å². The van der Waals surface area contributed by atoms with Crippen LogP contribution in [0.1, 0.15) is 15.9 Å². The van der Waals surface area contributed by atoms with E-state index in [9.17, 15) is 4.79 Å². The van der Waals surface area contributed by atoms with Gasteiger partial charge in [0, 0.05) is 24.9 Å². The number of hydrogen-bond donors (Lipinski definition) is 1. The summed E-state index contributed by atoms with van der Waals surface area (Å²) in [5.41, 5.74) is 2.33. The molecule has 0 aliphatic heterocycles. The summed E-state index contributed by atoms with van der Waals surface area (Å²) in [5, 5.41) is 3.75. The minimum atomic E-state index is -0.184. The maximum atomic E-state index is 12.1. The fourth-order valence-corrected chi connectivity index (χ4v) is 2.60. The smallest absolute Gasteiger partial charge is 0.255 e. The second kappa shape index (κ2) is 6.11. The van der Waals surface area contributed by atoms with Crippen LogP contribution in [-0.2, 0) is 0 Å². The lowest BCUT2D eigenvalue weighted by atomic mass is 10.1. The van der Waals surface area contributed by atoms with Crippen LogP contribution < -0.4 is 5.32 Å². The van der Waals surface area contributed by atoms with Crippen molar-refractivity contribution >= 4 is 57.4 Å². The van der Waals surface area contributed by atoms with Gasteiger partial charge in [0.15, 0.2) is 0 Å². The fourth-order valence-electron chi connectivity index (χ4n) is 1.56. The van der Waals surface area contributed by atoms with Crippen molar-refractivity contribution in [2.24, 2.45) is 0 Å². The molecule has 0 bridgehead atoms. The first-order valence-electron chi connectivity index (χ1n) is 5.49. The van der Waals surface area contributed by atoms with Crippen LogP contribution in [0.3, 0.4) is 0 Å². The summed E-state index contributed by atoms with van der Waals surface area (Å²) in [6.07, 6.45) is 0. The van der Waals surface area contributed by atoms with Gasteiger partial charge < -0.3 is 5.32 Å². The molecule has 0 unspecified atom stereocenters. The van der Waals surface area contributed by atoms with E-state index in [1.54, 1.807) is 24.3 Å². The van der Waals surface area contributed by atoms with Gasteiger partial charge in [-0.2, -0.15) is 0 Å². The van der Waals surface area contributed by atoms with Crippen molar-refractivity contribution in [3.8, 4) is 0 Å². The maximum Gasteiger partial charge on any atom is 0.255 e. The fraction of sp³-hybridized carbons (Fsp3) is 0.0714. The second-order valence-electron chi connectivity index (χ2n) is 4.08. The minimum Gasteiger partial charge on any atom is -0.322 e. The Labute approximate surface area is 135 Å². The zero-order valence-electron chi connectivity index (χ0n) is 10.0. The molecular weight excluding hydrogens is 396 g/mol. The summed E-state index contributed by atoms with van der Waals surface area (Å²) in [6.45, 7) is 2.00. The lowest BCUT2D eigenvalue weighted by Gasteiger charge is -2.07. The second-order valence-corrected chi connectivity index (χ2v) is 6.11. The highest BCUT2D eigenvalue weighted by Crippen LogP contribution is 2.23. The zero-order valence-corrected chi connectivity index (χ0v) is 13.7. The molecule has 0 saturated heterocycles. The molecule has 2 rings (SSSR count). The predicted octanol–water partition coefficient (Wildman–Crippen LogP) is 5.16. The van der Waals surface area contributed by atoms with Crippen molar-refractivity contribution in [2.75, 3.05) is 5.32 Å². The normalized spacial score (nSPS) is 10.3. The molecule has 0 aliphatic carbocycles. The van der Waals surface area contributed by atoms with Crippen LogP contribution in [0.2, 0.25) is 10.0 Å². The molecule has 0 radical (unpaired) electrons. The number of carbonyl (C=O) groups is 1. The van der Waals surface area contributed by atoms with Crippen LogP contribution in [-0.4, -0.2) is 5.91 Å². The van der Waals surface area contributed by atoms with Crippen molar-refractivity contribution in [3.63, 3.8) is 0 Å². The van der Waals surface area contributed by atoms with Crippen molar-refractivity contribution in [1.82, 2.24) is 0 Å². The van der Waals surface area contributed by atoms with E-state index in [0.29, 0.717) is 21.3 Å². The van der Waals surface area contributed by atoms with Gasteiger partial charge in [-0.05, 0) is 65.4 Å². The largest absolute Gasteiger partial charge is 0.322 e. The molecule has 2 aromatic carbocycles. The SMILES string of the molecule is Cc1ccc(C(=O)Nc2cc(Cl)cc(Cl)c2)cc1I. The molecule has 0 fully saturated rings. The number of amides is 1. The Balaban J connectivity index is 2.22. The lowest BCUT2D eigenvalue weighted by molar-refractivity contribution is 0.102. The molecule has 0 aromatic heterocycles. The highest BCUT2D eigenvalue weighted by atomic mass is 127. The van der Waals surface area contributed by atoms with Gasteiger partial charge in [0.05, 0.1) is 0 Å². The number of halogens is 3. The van der Waals surface area contributed by atoms with Crippen molar-refractivity contribution in [2.45, 2.75) is 6.92 Å². The molecule has 2 nitrogen and oxygen atoms in total. The van der Waals surface area contributed by atoms with Gasteiger partial charge in [-0.3, -0.25) is 4.79 Å². The van der Waals surface area contributed by atoms with Gasteiger partial charge in [-0.25, -0.2) is 0 Å². The predicted molar refractivity (Wildman–Crippen MR) is 88.3 cm³/mol. The van der Waals surface area contributed by atoms with Crippen LogP contribution in [0.5, 0.6) is 0 Å². The van der Waals surface area contributed by atoms with Crippen LogP contribution in [0, 0.1) is 10.5 Å². The van der Waals surface area contributed by atoms with E-state index >= 15 is 0 Å². The highest BCUT2D eigenvalue weighted by molar-refractivity contribution is 14.1. The van der Waals surface area contributed by atoms with Gasteiger partial charge in [-0.1, -0.05) is 29.3 Å². The number of nitrogens with one attached hydrogen (secondary N) is 1. The molecule has 2 aromatic rings. The number of anilines is 1. The van der Waals surface area contributed by atoms with E-state index in [0.717, 1.165) is 9.13 Å². The van der Waals surface area contributed by atoms with Gasteiger partial charge in [0.2, 0.25) is 0 Å². The van der Waals surface area contributed by atoms with Gasteiger partial charge in [0.1, 0.15) is 0 Å². The number of hydrogen-bond acceptors (Lipinski definition) is 1. The molecule has 0 atom stereocenters. The maximum absolute atomic E-state index is 12.1. The third-order valence-electron chi connectivity index (χ3n) is 2.55. The molecule has 98 valence electrons. The Bertz CT molecular complexity index is 623. The third-order valence-corrected chi connectivity index (χ3v) is 4.15. The molecule has 0 heterocycles. The van der Waals surface area contributed by atoms with Crippen LogP contribution in [0.25, 0.3) is 0 Å². The first kappa shape index (κ1) is 14.6. The highest BCUT2D eigenvalue weighted by Gasteiger charge is 2.08. The van der Waals surface area contributed by atoms with Crippen molar-refractivity contribution in [1.29, 1.82) is 0 Å². The van der Waals surface area contributed by atoms with E-state index in [2.05, 4.69) is 27.9 Å². The number of benzene rings is 2. The van der Waals surface area contributed by atoms with E-state index in [-0.39, 0.29) is 5.91 Å². The molecule has 0 spiro atoms. The van der Waals surface area contributed by atoms with E-state index < -0.39 is 0 Å².